The number of halogens is 1. The molecule has 7 nitrogen and oxygen atoms in total. The highest BCUT2D eigenvalue weighted by molar-refractivity contribution is 6.09. The summed E-state index contributed by atoms with van der Waals surface area (Å²) in [4.78, 5) is 37.5. The zero-order chi connectivity index (χ0) is 19.9. The summed E-state index contributed by atoms with van der Waals surface area (Å²) in [6, 6.07) is 7.99. The number of nitrogens with one attached hydrogen (secondary N) is 2. The highest BCUT2D eigenvalue weighted by Gasteiger charge is 2.53. The quantitative estimate of drug-likeness (QED) is 0.794. The number of amides is 4. The monoisotopic (exact) mass is 385 g/mol. The van der Waals surface area contributed by atoms with Crippen molar-refractivity contribution in [2.24, 2.45) is 5.92 Å². The molecule has 146 valence electrons. The minimum absolute atomic E-state index is 0.0573. The van der Waals surface area contributed by atoms with Gasteiger partial charge in [0.15, 0.2) is 5.76 Å². The van der Waals surface area contributed by atoms with Crippen molar-refractivity contribution in [3.63, 3.8) is 0 Å². The van der Waals surface area contributed by atoms with Gasteiger partial charge in [0.05, 0.1) is 0 Å². The van der Waals surface area contributed by atoms with E-state index >= 15 is 0 Å². The van der Waals surface area contributed by atoms with E-state index in [0.29, 0.717) is 30.1 Å². The first-order valence-corrected chi connectivity index (χ1v) is 9.21. The molecule has 28 heavy (non-hydrogen) atoms. The molecule has 2 heterocycles. The van der Waals surface area contributed by atoms with E-state index in [9.17, 15) is 18.8 Å². The van der Waals surface area contributed by atoms with Crippen LogP contribution in [0.2, 0.25) is 0 Å². The maximum Gasteiger partial charge on any atom is 0.344 e. The number of rotatable bonds is 3. The molecular weight excluding hydrogens is 365 g/mol. The first-order chi connectivity index (χ1) is 13.4. The summed E-state index contributed by atoms with van der Waals surface area (Å²) in [6.07, 6.45) is 2.79. The van der Waals surface area contributed by atoms with Crippen molar-refractivity contribution < 1.29 is 23.2 Å². The van der Waals surface area contributed by atoms with Crippen LogP contribution in [0.25, 0.3) is 11.3 Å². The first-order valence-electron chi connectivity index (χ1n) is 9.21. The highest BCUT2D eigenvalue weighted by Crippen LogP contribution is 2.35. The summed E-state index contributed by atoms with van der Waals surface area (Å²) in [5.74, 6) is -0.704. The van der Waals surface area contributed by atoms with Gasteiger partial charge in [-0.25, -0.2) is 14.6 Å². The number of benzene rings is 1. The number of carbonyl (C=O) groups excluding carboxylic acids is 3. The van der Waals surface area contributed by atoms with Crippen LogP contribution in [0.1, 0.15) is 43.2 Å². The van der Waals surface area contributed by atoms with Crippen LogP contribution in [0.3, 0.4) is 0 Å². The molecular formula is C20H20FN3O4. The Balaban J connectivity index is 1.47. The third-order valence-electron chi connectivity index (χ3n) is 5.46. The van der Waals surface area contributed by atoms with Crippen LogP contribution >= 0.6 is 0 Å². The molecule has 2 aromatic rings. The zero-order valence-corrected chi connectivity index (χ0v) is 15.3. The number of nitrogens with zero attached hydrogens (tertiary/aromatic N) is 1. The molecule has 2 aliphatic rings. The van der Waals surface area contributed by atoms with Crippen molar-refractivity contribution in [1.29, 1.82) is 0 Å². The fourth-order valence-corrected chi connectivity index (χ4v) is 3.70. The fraction of sp³-hybridized carbons (Fsp3) is 0.350. The number of hydrogen-bond donors (Lipinski definition) is 2. The summed E-state index contributed by atoms with van der Waals surface area (Å²) in [5.41, 5.74) is 2.00. The number of urea groups is 1. The van der Waals surface area contributed by atoms with Crippen molar-refractivity contribution in [3.05, 3.63) is 48.0 Å². The maximum atomic E-state index is 13.0. The van der Waals surface area contributed by atoms with Crippen LogP contribution in [0, 0.1) is 11.7 Å². The van der Waals surface area contributed by atoms with E-state index < -0.39 is 23.4 Å². The minimum Gasteiger partial charge on any atom is -0.451 e. The average molecular weight is 385 g/mol. The SMILES string of the molecule is CC1CCC2(CC1)NC(=O)N(NC(=O)c1ccc(-c3ccc(F)cc3)o1)C2=O. The van der Waals surface area contributed by atoms with E-state index in [1.165, 1.54) is 30.3 Å². The van der Waals surface area contributed by atoms with E-state index in [-0.39, 0.29) is 11.6 Å². The second kappa shape index (κ2) is 6.78. The Morgan fingerprint density at radius 1 is 1.18 bits per heavy atom. The minimum atomic E-state index is -0.931. The summed E-state index contributed by atoms with van der Waals surface area (Å²) >= 11 is 0. The number of hydrazine groups is 1. The lowest BCUT2D eigenvalue weighted by Crippen LogP contribution is -2.51. The van der Waals surface area contributed by atoms with Crippen molar-refractivity contribution >= 4 is 17.8 Å². The third kappa shape index (κ3) is 3.15. The Kier molecular flexibility index (Phi) is 4.41. The molecule has 1 aromatic carbocycles. The Morgan fingerprint density at radius 2 is 1.86 bits per heavy atom. The predicted molar refractivity (Wildman–Crippen MR) is 97.3 cm³/mol. The van der Waals surface area contributed by atoms with Gasteiger partial charge in [0.25, 0.3) is 5.91 Å². The zero-order valence-electron chi connectivity index (χ0n) is 15.3. The van der Waals surface area contributed by atoms with Gasteiger partial charge in [0.2, 0.25) is 0 Å². The van der Waals surface area contributed by atoms with Gasteiger partial charge >= 0.3 is 11.9 Å². The number of hydrogen-bond acceptors (Lipinski definition) is 4. The molecule has 0 radical (unpaired) electrons. The lowest BCUT2D eigenvalue weighted by molar-refractivity contribution is -0.134. The molecule has 1 saturated heterocycles. The number of carbonyl (C=O) groups is 3. The molecule has 1 aromatic heterocycles. The van der Waals surface area contributed by atoms with E-state index in [1.807, 2.05) is 0 Å². The normalized spacial score (nSPS) is 24.5. The Bertz CT molecular complexity index is 929. The predicted octanol–water partition coefficient (Wildman–Crippen LogP) is 3.23. The van der Waals surface area contributed by atoms with Crippen molar-refractivity contribution in [3.8, 4) is 11.3 Å². The van der Waals surface area contributed by atoms with Gasteiger partial charge in [0.1, 0.15) is 17.1 Å². The number of imide groups is 1. The van der Waals surface area contributed by atoms with Crippen LogP contribution < -0.4 is 10.7 Å². The molecule has 0 atom stereocenters. The van der Waals surface area contributed by atoms with Gasteiger partial charge in [0, 0.05) is 5.56 Å². The molecule has 4 amide bonds. The lowest BCUT2D eigenvalue weighted by Gasteiger charge is -2.33. The molecule has 1 aliphatic carbocycles. The summed E-state index contributed by atoms with van der Waals surface area (Å²) in [6.45, 7) is 2.11. The molecule has 1 aliphatic heterocycles. The molecule has 1 saturated carbocycles. The first kappa shape index (κ1) is 18.2. The Morgan fingerprint density at radius 3 is 2.54 bits per heavy atom. The molecule has 1 spiro atoms. The fourth-order valence-electron chi connectivity index (χ4n) is 3.70. The number of furan rings is 1. The van der Waals surface area contributed by atoms with Crippen molar-refractivity contribution in [2.45, 2.75) is 38.1 Å². The smallest absolute Gasteiger partial charge is 0.344 e. The van der Waals surface area contributed by atoms with Crippen LogP contribution in [-0.4, -0.2) is 28.4 Å². The lowest BCUT2D eigenvalue weighted by atomic mass is 9.77. The highest BCUT2D eigenvalue weighted by atomic mass is 19.1. The molecule has 2 fully saturated rings. The topological polar surface area (TPSA) is 91.7 Å². The van der Waals surface area contributed by atoms with E-state index in [4.69, 9.17) is 4.42 Å². The van der Waals surface area contributed by atoms with E-state index in [1.54, 1.807) is 6.07 Å². The second-order valence-corrected chi connectivity index (χ2v) is 7.45. The summed E-state index contributed by atoms with van der Waals surface area (Å²) in [5, 5.41) is 3.47. The van der Waals surface area contributed by atoms with E-state index in [0.717, 1.165) is 17.9 Å². The second-order valence-electron chi connectivity index (χ2n) is 7.45. The molecule has 8 heteroatoms. The van der Waals surface area contributed by atoms with Crippen LogP contribution in [0.5, 0.6) is 0 Å². The van der Waals surface area contributed by atoms with Gasteiger partial charge in [-0.15, -0.1) is 0 Å². The van der Waals surface area contributed by atoms with Gasteiger partial charge in [-0.1, -0.05) is 6.92 Å². The van der Waals surface area contributed by atoms with E-state index in [2.05, 4.69) is 17.7 Å². The Labute approximate surface area is 160 Å². The Hall–Kier alpha value is -3.16. The summed E-state index contributed by atoms with van der Waals surface area (Å²) < 4.78 is 18.5. The van der Waals surface area contributed by atoms with Crippen molar-refractivity contribution in [2.75, 3.05) is 0 Å². The van der Waals surface area contributed by atoms with Crippen LogP contribution in [0.4, 0.5) is 9.18 Å². The van der Waals surface area contributed by atoms with Crippen molar-refractivity contribution in [1.82, 2.24) is 15.8 Å². The maximum absolute atomic E-state index is 13.0. The molecule has 4 rings (SSSR count). The average Bonchev–Trinajstić information content (AvgIpc) is 3.25. The van der Waals surface area contributed by atoms with Crippen LogP contribution in [-0.2, 0) is 4.79 Å². The van der Waals surface area contributed by atoms with Gasteiger partial charge in [-0.3, -0.25) is 9.59 Å². The standard InChI is InChI=1S/C20H20FN3O4/c1-12-8-10-20(11-9-12)18(26)24(19(27)22-20)23-17(25)16-7-6-15(28-16)13-2-4-14(21)5-3-13/h2-7,12H,8-11H2,1H3,(H,22,27)(H,23,25). The molecule has 2 N–H and O–H groups in total. The molecule has 0 bridgehead atoms. The van der Waals surface area contributed by atoms with Gasteiger partial charge in [-0.05, 0) is 68.0 Å². The molecule has 0 unspecified atom stereocenters. The summed E-state index contributed by atoms with van der Waals surface area (Å²) in [7, 11) is 0. The third-order valence-corrected chi connectivity index (χ3v) is 5.46. The van der Waals surface area contributed by atoms with Gasteiger partial charge in [-0.2, -0.15) is 5.01 Å². The van der Waals surface area contributed by atoms with Gasteiger partial charge < -0.3 is 9.73 Å². The largest absolute Gasteiger partial charge is 0.451 e. The van der Waals surface area contributed by atoms with Crippen LogP contribution in [0.15, 0.2) is 40.8 Å².